The van der Waals surface area contributed by atoms with Gasteiger partial charge in [0.05, 0.1) is 34.5 Å². The van der Waals surface area contributed by atoms with E-state index in [2.05, 4.69) is 31.8 Å². The van der Waals surface area contributed by atoms with E-state index < -0.39 is 29.7 Å². The number of likely N-dealkylation sites (tertiary alicyclic amines) is 1. The van der Waals surface area contributed by atoms with Crippen molar-refractivity contribution in [2.75, 3.05) is 36.9 Å². The molecule has 2 aliphatic heterocycles. The lowest BCUT2D eigenvalue weighted by molar-refractivity contribution is 0.0699. The fourth-order valence-electron chi connectivity index (χ4n) is 8.17. The van der Waals surface area contributed by atoms with E-state index in [0.29, 0.717) is 95.4 Å². The standard InChI is InChI=1S/C43H48N14O6/c1-5-56-32(15-24(3)51-56)40(60)49-42-47-30-17-27(38(45)58)19-34-36(30)54(42)11-7-8-12-55-37-31(48-43(55)50-41(61)33-16-25(4)52-57(33)6-2)18-28(39(46)59)20-35(37)63-23-29(22-62-34)53-13-9-26(21-44)10-14-53/h7-8,15-20,26,29H,5-6,9-14,22-23H2,1-4H3,(H2,45,58)(H2,46,59)(H,47,49,60)(H,48,50,61)/b8-7+. The van der Waals surface area contributed by atoms with E-state index in [9.17, 15) is 24.4 Å². The number of hydrogen-bond acceptors (Lipinski definition) is 12. The molecule has 2 aliphatic rings. The lowest BCUT2D eigenvalue weighted by Gasteiger charge is -2.35. The van der Waals surface area contributed by atoms with Crippen LogP contribution in [0.25, 0.3) is 22.1 Å². The number of amides is 4. The first-order valence-electron chi connectivity index (χ1n) is 20.8. The SMILES string of the molecule is CCn1nc(C)cc1C(=O)Nc1nc2cc(C(N)=O)cc3c2n1C/C=C/Cn1c(NC(=O)c2cc(C)nn2CC)nc2cc(C(N)=O)cc(c21)OCC(N1CCC(C#N)CC1)CO3. The topological polar surface area (TPSA) is 261 Å². The molecule has 0 saturated carbocycles. The predicted molar refractivity (Wildman–Crippen MR) is 232 cm³/mol. The summed E-state index contributed by atoms with van der Waals surface area (Å²) in [5, 5.41) is 24.5. The van der Waals surface area contributed by atoms with Crippen molar-refractivity contribution in [1.82, 2.24) is 43.6 Å². The van der Waals surface area contributed by atoms with Crippen LogP contribution < -0.4 is 31.6 Å². The Morgan fingerprint density at radius 2 is 1.17 bits per heavy atom. The molecule has 4 amide bonds. The van der Waals surface area contributed by atoms with Gasteiger partial charge in [0.15, 0.2) is 0 Å². The van der Waals surface area contributed by atoms with Gasteiger partial charge in [0.25, 0.3) is 11.8 Å². The summed E-state index contributed by atoms with van der Waals surface area (Å²) in [6, 6.07) is 11.6. The molecule has 20 heteroatoms. The summed E-state index contributed by atoms with van der Waals surface area (Å²) >= 11 is 0. The lowest BCUT2D eigenvalue weighted by atomic mass is 9.97. The number of nitriles is 1. The van der Waals surface area contributed by atoms with Crippen LogP contribution in [0.2, 0.25) is 0 Å². The maximum atomic E-state index is 13.9. The Bertz CT molecular complexity index is 2680. The molecule has 0 bridgehead atoms. The molecule has 2 aromatic carbocycles. The van der Waals surface area contributed by atoms with Crippen molar-refractivity contribution in [1.29, 1.82) is 5.26 Å². The Hall–Kier alpha value is -7.53. The van der Waals surface area contributed by atoms with Crippen molar-refractivity contribution in [3.8, 4) is 17.6 Å². The van der Waals surface area contributed by atoms with E-state index in [4.69, 9.17) is 30.9 Å². The largest absolute Gasteiger partial charge is 0.490 e. The van der Waals surface area contributed by atoms with Gasteiger partial charge in [0, 0.05) is 43.2 Å². The van der Waals surface area contributed by atoms with Gasteiger partial charge >= 0.3 is 0 Å². The van der Waals surface area contributed by atoms with E-state index in [0.717, 1.165) is 0 Å². The number of rotatable bonds is 9. The van der Waals surface area contributed by atoms with Gasteiger partial charge in [-0.3, -0.25) is 44.1 Å². The molecule has 4 aromatic heterocycles. The number of aryl methyl sites for hydroxylation is 4. The van der Waals surface area contributed by atoms with Gasteiger partial charge in [-0.15, -0.1) is 0 Å². The van der Waals surface area contributed by atoms with Gasteiger partial charge in [0.2, 0.25) is 23.7 Å². The smallest absolute Gasteiger partial charge is 0.276 e. The first-order chi connectivity index (χ1) is 30.3. The number of carbonyl (C=O) groups excluding carboxylic acids is 4. The molecule has 6 aromatic rings. The quantitative estimate of drug-likeness (QED) is 0.152. The third kappa shape index (κ3) is 8.42. The zero-order valence-corrected chi connectivity index (χ0v) is 35.4. The molecule has 1 saturated heterocycles. The monoisotopic (exact) mass is 856 g/mol. The number of anilines is 2. The summed E-state index contributed by atoms with van der Waals surface area (Å²) in [4.78, 5) is 64.9. The van der Waals surface area contributed by atoms with Crippen molar-refractivity contribution >= 4 is 57.6 Å². The normalized spacial score (nSPS) is 15.8. The van der Waals surface area contributed by atoms with Crippen LogP contribution in [0.1, 0.15) is 79.8 Å². The molecule has 1 fully saturated rings. The third-order valence-electron chi connectivity index (χ3n) is 11.3. The van der Waals surface area contributed by atoms with Crippen molar-refractivity contribution in [2.45, 2.75) is 72.8 Å². The summed E-state index contributed by atoms with van der Waals surface area (Å²) in [5.74, 6) is -1.41. The number of nitrogens with two attached hydrogens (primary N) is 2. The van der Waals surface area contributed by atoms with Gasteiger partial charge in [-0.05, 0) is 90.0 Å². The maximum Gasteiger partial charge on any atom is 0.276 e. The number of benzene rings is 2. The van der Waals surface area contributed by atoms with Gasteiger partial charge in [-0.1, -0.05) is 12.2 Å². The van der Waals surface area contributed by atoms with E-state index in [-0.39, 0.29) is 55.2 Å². The highest BCUT2D eigenvalue weighted by Crippen LogP contribution is 2.34. The van der Waals surface area contributed by atoms with Crippen LogP contribution in [0.3, 0.4) is 0 Å². The number of hydrogen-bond donors (Lipinski definition) is 4. The Morgan fingerprint density at radius 3 is 1.57 bits per heavy atom. The number of aromatic nitrogens is 8. The molecule has 0 atom stereocenters. The summed E-state index contributed by atoms with van der Waals surface area (Å²) in [7, 11) is 0. The first kappa shape index (κ1) is 42.2. The average Bonchev–Trinajstić information content (AvgIpc) is 4.03. The Morgan fingerprint density at radius 1 is 0.730 bits per heavy atom. The number of allylic oxidation sites excluding steroid dienone is 2. The summed E-state index contributed by atoms with van der Waals surface area (Å²) in [5.41, 5.74) is 15.7. The number of nitrogens with zero attached hydrogens (tertiary/aromatic N) is 10. The first-order valence-corrected chi connectivity index (χ1v) is 20.8. The number of piperidine rings is 1. The second-order valence-corrected chi connectivity index (χ2v) is 15.6. The minimum Gasteiger partial charge on any atom is -0.490 e. The van der Waals surface area contributed by atoms with Gasteiger partial charge < -0.3 is 30.1 Å². The van der Waals surface area contributed by atoms with Crippen LogP contribution >= 0.6 is 0 Å². The van der Waals surface area contributed by atoms with Crippen LogP contribution in [-0.4, -0.2) is 99.5 Å². The van der Waals surface area contributed by atoms with E-state index >= 15 is 0 Å². The van der Waals surface area contributed by atoms with E-state index in [1.807, 2.05) is 26.0 Å². The van der Waals surface area contributed by atoms with Crippen molar-refractivity contribution in [3.05, 3.63) is 82.5 Å². The zero-order valence-electron chi connectivity index (χ0n) is 35.4. The number of ether oxygens (including phenoxy) is 2. The fraction of sp³-hybridized carbons (Fsp3) is 0.372. The molecule has 0 spiro atoms. The fourth-order valence-corrected chi connectivity index (χ4v) is 8.17. The molecule has 0 unspecified atom stereocenters. The lowest BCUT2D eigenvalue weighted by Crippen LogP contribution is -2.47. The summed E-state index contributed by atoms with van der Waals surface area (Å²) < 4.78 is 20.1. The minimum atomic E-state index is -0.695. The van der Waals surface area contributed by atoms with Crippen molar-refractivity contribution in [3.63, 3.8) is 0 Å². The number of primary amides is 2. The second-order valence-electron chi connectivity index (χ2n) is 15.6. The predicted octanol–water partition coefficient (Wildman–Crippen LogP) is 3.77. The number of carbonyl (C=O) groups is 4. The highest BCUT2D eigenvalue weighted by atomic mass is 16.5. The van der Waals surface area contributed by atoms with Gasteiger partial charge in [-0.25, -0.2) is 9.97 Å². The molecule has 20 nitrogen and oxygen atoms in total. The van der Waals surface area contributed by atoms with Crippen LogP contribution in [0, 0.1) is 31.1 Å². The maximum absolute atomic E-state index is 13.9. The Kier molecular flexibility index (Phi) is 11.7. The number of nitrogens with one attached hydrogen (secondary N) is 2. The molecular formula is C43H48N14O6. The third-order valence-corrected chi connectivity index (χ3v) is 11.3. The Balaban J connectivity index is 1.27. The van der Waals surface area contributed by atoms with Crippen molar-refractivity contribution < 1.29 is 28.7 Å². The second kappa shape index (κ2) is 17.4. The van der Waals surface area contributed by atoms with Crippen LogP contribution in [-0.2, 0) is 26.2 Å². The molecule has 6 N–H and O–H groups in total. The highest BCUT2D eigenvalue weighted by Gasteiger charge is 2.29. The molecule has 6 heterocycles. The molecule has 8 rings (SSSR count). The van der Waals surface area contributed by atoms with Gasteiger partial charge in [-0.2, -0.15) is 15.5 Å². The van der Waals surface area contributed by atoms with Crippen molar-refractivity contribution in [2.24, 2.45) is 17.4 Å². The van der Waals surface area contributed by atoms with Crippen LogP contribution in [0.4, 0.5) is 11.9 Å². The van der Waals surface area contributed by atoms with E-state index in [1.165, 1.54) is 0 Å². The Labute approximate surface area is 361 Å². The minimum absolute atomic E-state index is 0.0515. The highest BCUT2D eigenvalue weighted by molar-refractivity contribution is 6.05. The molecule has 326 valence electrons. The molecule has 0 radical (unpaired) electrons. The zero-order chi connectivity index (χ0) is 44.5. The average molecular weight is 857 g/mol. The van der Waals surface area contributed by atoms with E-state index in [1.54, 1.807) is 68.7 Å². The number of imidazole rings is 2. The summed E-state index contributed by atoms with van der Waals surface area (Å²) in [6.45, 7) is 9.91. The van der Waals surface area contributed by atoms with Crippen LogP contribution in [0.15, 0.2) is 48.6 Å². The van der Waals surface area contributed by atoms with Gasteiger partial charge in [0.1, 0.15) is 47.1 Å². The molecule has 63 heavy (non-hydrogen) atoms. The van der Waals surface area contributed by atoms with Crippen LogP contribution in [0.5, 0.6) is 11.5 Å². The molecular weight excluding hydrogens is 809 g/mol. The molecule has 0 aliphatic carbocycles. The summed E-state index contributed by atoms with van der Waals surface area (Å²) in [6.07, 6.45) is 4.99.